The highest BCUT2D eigenvalue weighted by atomic mass is 19.1. The van der Waals surface area contributed by atoms with E-state index in [2.05, 4.69) is 20.8 Å². The molecule has 0 radical (unpaired) electrons. The number of carboxylic acids is 1. The molecule has 0 aliphatic heterocycles. The number of rotatable bonds is 2. The second-order valence-corrected chi connectivity index (χ2v) is 5.79. The Bertz CT molecular complexity index is 637. The van der Waals surface area contributed by atoms with Crippen LogP contribution in [0.15, 0.2) is 42.5 Å². The molecule has 1 N–H and O–H groups in total. The van der Waals surface area contributed by atoms with Crippen molar-refractivity contribution in [3.8, 4) is 11.1 Å². The van der Waals surface area contributed by atoms with Gasteiger partial charge in [-0.15, -0.1) is 0 Å². The third-order valence-electron chi connectivity index (χ3n) is 3.29. The Hall–Kier alpha value is -2.16. The van der Waals surface area contributed by atoms with Crippen molar-refractivity contribution in [3.63, 3.8) is 0 Å². The van der Waals surface area contributed by atoms with Crippen LogP contribution in [0.4, 0.5) is 4.39 Å². The first kappa shape index (κ1) is 14.3. The smallest absolute Gasteiger partial charge is 0.339 e. The number of halogens is 1. The van der Waals surface area contributed by atoms with Gasteiger partial charge in [0.2, 0.25) is 0 Å². The lowest BCUT2D eigenvalue weighted by Crippen LogP contribution is -2.10. The molecule has 0 spiro atoms. The molecule has 0 atom stereocenters. The SMILES string of the molecule is CC(C)(C)c1ccc(-c2cccc(F)c2C(=O)O)cc1. The molecular formula is C17H17FO2. The Kier molecular flexibility index (Phi) is 3.62. The highest BCUT2D eigenvalue weighted by Gasteiger charge is 2.18. The summed E-state index contributed by atoms with van der Waals surface area (Å²) in [6.07, 6.45) is 0. The van der Waals surface area contributed by atoms with Gasteiger partial charge in [-0.05, 0) is 28.2 Å². The van der Waals surface area contributed by atoms with Crippen molar-refractivity contribution < 1.29 is 14.3 Å². The number of carboxylic acid groups (broad SMARTS) is 1. The van der Waals surface area contributed by atoms with E-state index in [0.717, 1.165) is 11.6 Å². The fourth-order valence-corrected chi connectivity index (χ4v) is 2.13. The van der Waals surface area contributed by atoms with Gasteiger partial charge in [-0.1, -0.05) is 57.2 Å². The molecule has 2 nitrogen and oxygen atoms in total. The first-order valence-corrected chi connectivity index (χ1v) is 6.43. The van der Waals surface area contributed by atoms with Gasteiger partial charge in [-0.2, -0.15) is 0 Å². The minimum absolute atomic E-state index is 0.0239. The van der Waals surface area contributed by atoms with E-state index in [1.165, 1.54) is 6.07 Å². The van der Waals surface area contributed by atoms with Gasteiger partial charge < -0.3 is 5.11 Å². The summed E-state index contributed by atoms with van der Waals surface area (Å²) in [4.78, 5) is 11.2. The zero-order chi connectivity index (χ0) is 14.9. The summed E-state index contributed by atoms with van der Waals surface area (Å²) in [7, 11) is 0. The van der Waals surface area contributed by atoms with Crippen LogP contribution in [0.2, 0.25) is 0 Å². The monoisotopic (exact) mass is 272 g/mol. The summed E-state index contributed by atoms with van der Waals surface area (Å²) in [5.41, 5.74) is 1.99. The molecule has 104 valence electrons. The van der Waals surface area contributed by atoms with E-state index in [9.17, 15) is 9.18 Å². The predicted molar refractivity (Wildman–Crippen MR) is 77.5 cm³/mol. The van der Waals surface area contributed by atoms with Gasteiger partial charge in [0.1, 0.15) is 11.4 Å². The Morgan fingerprint density at radius 3 is 2.15 bits per heavy atom. The van der Waals surface area contributed by atoms with E-state index < -0.39 is 11.8 Å². The van der Waals surface area contributed by atoms with Gasteiger partial charge in [-0.3, -0.25) is 0 Å². The minimum atomic E-state index is -1.25. The zero-order valence-corrected chi connectivity index (χ0v) is 11.8. The largest absolute Gasteiger partial charge is 0.478 e. The number of aromatic carboxylic acids is 1. The Balaban J connectivity index is 2.53. The maximum Gasteiger partial charge on any atom is 0.339 e. The second-order valence-electron chi connectivity index (χ2n) is 5.79. The molecule has 0 amide bonds. The Morgan fingerprint density at radius 1 is 1.05 bits per heavy atom. The van der Waals surface area contributed by atoms with Gasteiger partial charge >= 0.3 is 5.97 Å². The molecule has 0 aliphatic rings. The zero-order valence-electron chi connectivity index (χ0n) is 11.8. The maximum atomic E-state index is 13.7. The molecule has 0 aliphatic carbocycles. The summed E-state index contributed by atoms with van der Waals surface area (Å²) in [5, 5.41) is 9.15. The standard InChI is InChI=1S/C17H17FO2/c1-17(2,3)12-9-7-11(8-10-12)13-5-4-6-14(18)15(13)16(19)20/h4-10H,1-3H3,(H,19,20). The number of hydrogen-bond acceptors (Lipinski definition) is 1. The van der Waals surface area contributed by atoms with Crippen LogP contribution in [0.5, 0.6) is 0 Å². The number of carbonyl (C=O) groups is 1. The summed E-state index contributed by atoms with van der Waals surface area (Å²) >= 11 is 0. The van der Waals surface area contributed by atoms with E-state index >= 15 is 0 Å². The topological polar surface area (TPSA) is 37.3 Å². The van der Waals surface area contributed by atoms with E-state index in [4.69, 9.17) is 5.11 Å². The first-order valence-electron chi connectivity index (χ1n) is 6.43. The van der Waals surface area contributed by atoms with Crippen LogP contribution in [0.3, 0.4) is 0 Å². The van der Waals surface area contributed by atoms with E-state index in [1.54, 1.807) is 6.07 Å². The molecule has 2 aromatic carbocycles. The van der Waals surface area contributed by atoms with E-state index in [-0.39, 0.29) is 11.0 Å². The average Bonchev–Trinajstić information content (AvgIpc) is 2.37. The number of hydrogen-bond donors (Lipinski definition) is 1. The van der Waals surface area contributed by atoms with Crippen molar-refractivity contribution in [2.24, 2.45) is 0 Å². The Morgan fingerprint density at radius 2 is 1.65 bits per heavy atom. The summed E-state index contributed by atoms with van der Waals surface area (Å²) in [6.45, 7) is 6.31. The summed E-state index contributed by atoms with van der Waals surface area (Å²) < 4.78 is 13.7. The lowest BCUT2D eigenvalue weighted by Gasteiger charge is -2.19. The Labute approximate surface area is 117 Å². The summed E-state index contributed by atoms with van der Waals surface area (Å²) in [5.74, 6) is -1.96. The van der Waals surface area contributed by atoms with Crippen molar-refractivity contribution >= 4 is 5.97 Å². The maximum absolute atomic E-state index is 13.7. The van der Waals surface area contributed by atoms with E-state index in [1.807, 2.05) is 24.3 Å². The molecule has 0 unspecified atom stereocenters. The first-order chi connectivity index (χ1) is 9.30. The van der Waals surface area contributed by atoms with Gasteiger partial charge in [-0.25, -0.2) is 9.18 Å². The summed E-state index contributed by atoms with van der Waals surface area (Å²) in [6, 6.07) is 11.9. The molecule has 0 heterocycles. The van der Waals surface area contributed by atoms with Crippen LogP contribution in [0.1, 0.15) is 36.7 Å². The quantitative estimate of drug-likeness (QED) is 0.874. The van der Waals surface area contributed by atoms with Crippen molar-refractivity contribution in [2.75, 3.05) is 0 Å². The van der Waals surface area contributed by atoms with Crippen LogP contribution in [0, 0.1) is 5.82 Å². The van der Waals surface area contributed by atoms with Crippen molar-refractivity contribution in [1.29, 1.82) is 0 Å². The van der Waals surface area contributed by atoms with Gasteiger partial charge in [0.05, 0.1) is 0 Å². The number of benzene rings is 2. The van der Waals surface area contributed by atoms with Gasteiger partial charge in [0.15, 0.2) is 0 Å². The van der Waals surface area contributed by atoms with Crippen molar-refractivity contribution in [3.05, 3.63) is 59.4 Å². The average molecular weight is 272 g/mol. The highest BCUT2D eigenvalue weighted by molar-refractivity contribution is 5.96. The minimum Gasteiger partial charge on any atom is -0.478 e. The molecule has 0 saturated heterocycles. The molecule has 2 aromatic rings. The van der Waals surface area contributed by atoms with Gasteiger partial charge in [0, 0.05) is 0 Å². The highest BCUT2D eigenvalue weighted by Crippen LogP contribution is 2.29. The van der Waals surface area contributed by atoms with Crippen molar-refractivity contribution in [1.82, 2.24) is 0 Å². The van der Waals surface area contributed by atoms with Crippen molar-refractivity contribution in [2.45, 2.75) is 26.2 Å². The molecule has 2 rings (SSSR count). The fourth-order valence-electron chi connectivity index (χ4n) is 2.13. The lowest BCUT2D eigenvalue weighted by molar-refractivity contribution is 0.0693. The molecular weight excluding hydrogens is 255 g/mol. The predicted octanol–water partition coefficient (Wildman–Crippen LogP) is 4.49. The van der Waals surface area contributed by atoms with Gasteiger partial charge in [0.25, 0.3) is 0 Å². The molecule has 0 aromatic heterocycles. The molecule has 3 heteroatoms. The van der Waals surface area contributed by atoms with Crippen LogP contribution in [0.25, 0.3) is 11.1 Å². The third kappa shape index (κ3) is 2.72. The molecule has 20 heavy (non-hydrogen) atoms. The fraction of sp³-hybridized carbons (Fsp3) is 0.235. The van der Waals surface area contributed by atoms with Crippen LogP contribution in [-0.4, -0.2) is 11.1 Å². The van der Waals surface area contributed by atoms with E-state index in [0.29, 0.717) is 11.1 Å². The normalized spacial score (nSPS) is 11.4. The van der Waals surface area contributed by atoms with Crippen LogP contribution >= 0.6 is 0 Å². The molecule has 0 fully saturated rings. The molecule has 0 saturated carbocycles. The third-order valence-corrected chi connectivity index (χ3v) is 3.29. The van der Waals surface area contributed by atoms with Crippen LogP contribution in [-0.2, 0) is 5.41 Å². The second kappa shape index (κ2) is 5.08. The van der Waals surface area contributed by atoms with Crippen LogP contribution < -0.4 is 0 Å². The lowest BCUT2D eigenvalue weighted by atomic mass is 9.86. The molecule has 0 bridgehead atoms.